The largest absolute Gasteiger partial charge is 0.352 e. The molecule has 0 saturated carbocycles. The van der Waals surface area contributed by atoms with Crippen LogP contribution >= 0.6 is 11.3 Å². The third-order valence-corrected chi connectivity index (χ3v) is 4.54. The maximum absolute atomic E-state index is 12.8. The number of carbonyl (C=O) groups excluding carboxylic acids is 1. The minimum absolute atomic E-state index is 0.157. The van der Waals surface area contributed by atoms with E-state index in [0.29, 0.717) is 16.8 Å². The lowest BCUT2D eigenvalue weighted by Gasteiger charge is -2.20. The Labute approximate surface area is 147 Å². The molecular weight excluding hydrogens is 342 g/mol. The second-order valence-corrected chi connectivity index (χ2v) is 7.88. The van der Waals surface area contributed by atoms with Crippen molar-refractivity contribution >= 4 is 33.2 Å². The molecular formula is C16H21N5O3S. The number of nitrogens with one attached hydrogen (secondary N) is 1. The Balaban J connectivity index is 2.19. The molecule has 25 heavy (non-hydrogen) atoms. The number of thiophene rings is 1. The van der Waals surface area contributed by atoms with Gasteiger partial charge in [0.1, 0.15) is 11.2 Å². The first kappa shape index (κ1) is 17.4. The van der Waals surface area contributed by atoms with Gasteiger partial charge in [0.05, 0.1) is 5.52 Å². The topological polar surface area (TPSA) is 90.4 Å². The van der Waals surface area contributed by atoms with Gasteiger partial charge in [-0.2, -0.15) is 0 Å². The molecule has 0 unspecified atom stereocenters. The molecule has 0 atom stereocenters. The number of hydrogen-bond donors (Lipinski definition) is 1. The summed E-state index contributed by atoms with van der Waals surface area (Å²) in [5, 5.41) is 8.85. The van der Waals surface area contributed by atoms with Crippen molar-refractivity contribution < 1.29 is 4.79 Å². The Bertz CT molecular complexity index is 1060. The van der Waals surface area contributed by atoms with Gasteiger partial charge in [0, 0.05) is 12.1 Å². The smallest absolute Gasteiger partial charge is 0.350 e. The molecule has 0 saturated heterocycles. The SMILES string of the molecule is CCCn1c(=O)c2sccc2n2c(=O)n(CC(=O)NC(C)(C)C)nc12. The fourth-order valence-corrected chi connectivity index (χ4v) is 3.58. The van der Waals surface area contributed by atoms with Gasteiger partial charge < -0.3 is 5.32 Å². The molecule has 0 bridgehead atoms. The average molecular weight is 363 g/mol. The molecule has 0 fully saturated rings. The molecule has 3 aromatic heterocycles. The van der Waals surface area contributed by atoms with Gasteiger partial charge in [-0.3, -0.25) is 14.2 Å². The van der Waals surface area contributed by atoms with Crippen molar-refractivity contribution in [3.8, 4) is 0 Å². The summed E-state index contributed by atoms with van der Waals surface area (Å²) in [5.74, 6) is -0.0322. The maximum atomic E-state index is 12.8. The van der Waals surface area contributed by atoms with Gasteiger partial charge in [0.25, 0.3) is 5.56 Å². The van der Waals surface area contributed by atoms with Gasteiger partial charge in [-0.05, 0) is 38.6 Å². The van der Waals surface area contributed by atoms with E-state index >= 15 is 0 Å². The van der Waals surface area contributed by atoms with Crippen LogP contribution in [0.1, 0.15) is 34.1 Å². The second-order valence-electron chi connectivity index (χ2n) is 6.97. The highest BCUT2D eigenvalue weighted by molar-refractivity contribution is 7.17. The van der Waals surface area contributed by atoms with Crippen LogP contribution in [0.4, 0.5) is 0 Å². The molecule has 0 aromatic carbocycles. The summed E-state index contributed by atoms with van der Waals surface area (Å²) in [4.78, 5) is 37.6. The van der Waals surface area contributed by atoms with Gasteiger partial charge in [0.15, 0.2) is 0 Å². The first-order valence-electron chi connectivity index (χ1n) is 8.13. The van der Waals surface area contributed by atoms with E-state index in [-0.39, 0.29) is 23.8 Å². The average Bonchev–Trinajstić information content (AvgIpc) is 3.07. The predicted octanol–water partition coefficient (Wildman–Crippen LogP) is 1.20. The molecule has 3 rings (SSSR count). The van der Waals surface area contributed by atoms with Gasteiger partial charge in [-0.1, -0.05) is 6.92 Å². The highest BCUT2D eigenvalue weighted by Gasteiger charge is 2.20. The lowest BCUT2D eigenvalue weighted by atomic mass is 10.1. The quantitative estimate of drug-likeness (QED) is 0.754. The zero-order chi connectivity index (χ0) is 18.4. The Hall–Kier alpha value is -2.42. The van der Waals surface area contributed by atoms with Crippen molar-refractivity contribution in [1.82, 2.24) is 24.1 Å². The lowest BCUT2D eigenvalue weighted by Crippen LogP contribution is -2.43. The summed E-state index contributed by atoms with van der Waals surface area (Å²) in [6.07, 6.45) is 0.734. The van der Waals surface area contributed by atoms with E-state index in [9.17, 15) is 14.4 Å². The van der Waals surface area contributed by atoms with Crippen LogP contribution in [-0.4, -0.2) is 30.2 Å². The number of aryl methyl sites for hydroxylation is 1. The predicted molar refractivity (Wildman–Crippen MR) is 97.3 cm³/mol. The molecule has 3 aromatic rings. The van der Waals surface area contributed by atoms with Crippen LogP contribution in [0.5, 0.6) is 0 Å². The molecule has 0 aliphatic carbocycles. The Morgan fingerprint density at radius 1 is 1.32 bits per heavy atom. The first-order chi connectivity index (χ1) is 11.7. The third kappa shape index (κ3) is 3.11. The number of aromatic nitrogens is 4. The highest BCUT2D eigenvalue weighted by Crippen LogP contribution is 2.17. The minimum Gasteiger partial charge on any atom is -0.350 e. The van der Waals surface area contributed by atoms with E-state index in [1.54, 1.807) is 11.4 Å². The van der Waals surface area contributed by atoms with Crippen LogP contribution in [0.2, 0.25) is 0 Å². The Kier molecular flexibility index (Phi) is 4.28. The summed E-state index contributed by atoms with van der Waals surface area (Å²) in [6, 6.07) is 1.73. The summed E-state index contributed by atoms with van der Waals surface area (Å²) in [7, 11) is 0. The molecule has 8 nitrogen and oxygen atoms in total. The zero-order valence-electron chi connectivity index (χ0n) is 14.7. The van der Waals surface area contributed by atoms with Gasteiger partial charge in [-0.15, -0.1) is 16.4 Å². The highest BCUT2D eigenvalue weighted by atomic mass is 32.1. The van der Waals surface area contributed by atoms with Crippen molar-refractivity contribution in [1.29, 1.82) is 0 Å². The first-order valence-corrected chi connectivity index (χ1v) is 9.01. The minimum atomic E-state index is -0.424. The van der Waals surface area contributed by atoms with Crippen LogP contribution in [0, 0.1) is 0 Å². The molecule has 9 heteroatoms. The van der Waals surface area contributed by atoms with Crippen LogP contribution < -0.4 is 16.6 Å². The number of hydrogen-bond acceptors (Lipinski definition) is 5. The summed E-state index contributed by atoms with van der Waals surface area (Å²) in [5.41, 5.74) is -0.446. The Morgan fingerprint density at radius 3 is 2.68 bits per heavy atom. The monoisotopic (exact) mass is 363 g/mol. The van der Waals surface area contributed by atoms with E-state index in [2.05, 4.69) is 10.4 Å². The van der Waals surface area contributed by atoms with Crippen molar-refractivity contribution in [3.63, 3.8) is 0 Å². The van der Waals surface area contributed by atoms with Gasteiger partial charge >= 0.3 is 5.69 Å². The molecule has 0 aliphatic heterocycles. The fourth-order valence-electron chi connectivity index (χ4n) is 2.76. The molecule has 0 aliphatic rings. The van der Waals surface area contributed by atoms with Crippen LogP contribution in [-0.2, 0) is 17.9 Å². The van der Waals surface area contributed by atoms with Crippen LogP contribution in [0.15, 0.2) is 21.0 Å². The number of fused-ring (bicyclic) bond motifs is 3. The normalized spacial score (nSPS) is 12.2. The van der Waals surface area contributed by atoms with E-state index in [1.807, 2.05) is 27.7 Å². The molecule has 0 spiro atoms. The van der Waals surface area contributed by atoms with Crippen molar-refractivity contribution in [2.45, 2.75) is 52.7 Å². The van der Waals surface area contributed by atoms with E-state index in [4.69, 9.17) is 0 Å². The van der Waals surface area contributed by atoms with Crippen molar-refractivity contribution in [2.24, 2.45) is 0 Å². The molecule has 3 heterocycles. The standard InChI is InChI=1S/C16H21N5O3S/c1-5-7-19-13(23)12-10(6-8-25-12)21-14(19)18-20(15(21)24)9-11(22)17-16(2,3)4/h6,8H,5,7,9H2,1-4H3,(H,17,22). The summed E-state index contributed by atoms with van der Waals surface area (Å²) in [6.45, 7) is 7.82. The van der Waals surface area contributed by atoms with Crippen LogP contribution in [0.25, 0.3) is 16.0 Å². The third-order valence-electron chi connectivity index (χ3n) is 3.64. The second kappa shape index (κ2) is 6.14. The lowest BCUT2D eigenvalue weighted by molar-refractivity contribution is -0.123. The van der Waals surface area contributed by atoms with E-state index in [0.717, 1.165) is 11.1 Å². The molecule has 1 N–H and O–H groups in total. The van der Waals surface area contributed by atoms with Crippen molar-refractivity contribution in [3.05, 3.63) is 32.3 Å². The number of amides is 1. The molecule has 134 valence electrons. The number of nitrogens with zero attached hydrogens (tertiary/aromatic N) is 4. The van der Waals surface area contributed by atoms with Crippen molar-refractivity contribution in [2.75, 3.05) is 0 Å². The summed E-state index contributed by atoms with van der Waals surface area (Å²) >= 11 is 1.30. The van der Waals surface area contributed by atoms with Gasteiger partial charge in [-0.25, -0.2) is 13.9 Å². The van der Waals surface area contributed by atoms with Gasteiger partial charge in [0.2, 0.25) is 11.7 Å². The number of carbonyl (C=O) groups is 1. The maximum Gasteiger partial charge on any atom is 0.352 e. The molecule has 1 amide bonds. The molecule has 0 radical (unpaired) electrons. The zero-order valence-corrected chi connectivity index (χ0v) is 15.5. The fraction of sp³-hybridized carbons (Fsp3) is 0.500. The number of rotatable bonds is 4. The van der Waals surface area contributed by atoms with Crippen LogP contribution in [0.3, 0.4) is 0 Å². The van der Waals surface area contributed by atoms with E-state index < -0.39 is 11.2 Å². The Morgan fingerprint density at radius 2 is 2.04 bits per heavy atom. The van der Waals surface area contributed by atoms with E-state index in [1.165, 1.54) is 20.3 Å². The summed E-state index contributed by atoms with van der Waals surface area (Å²) < 4.78 is 4.53.